The lowest BCUT2D eigenvalue weighted by Crippen LogP contribution is -2.21. The lowest BCUT2D eigenvalue weighted by atomic mass is 10.0. The minimum absolute atomic E-state index is 0.150. The Morgan fingerprint density at radius 3 is 2.57 bits per heavy atom. The van der Waals surface area contributed by atoms with Gasteiger partial charge in [-0.05, 0) is 58.1 Å². The first-order valence-electron chi connectivity index (χ1n) is 7.00. The van der Waals surface area contributed by atoms with Gasteiger partial charge in [0.05, 0.1) is 4.47 Å². The summed E-state index contributed by atoms with van der Waals surface area (Å²) in [7, 11) is 0. The molecule has 0 heterocycles. The quantitative estimate of drug-likeness (QED) is 0.782. The van der Waals surface area contributed by atoms with Gasteiger partial charge >= 0.3 is 0 Å². The number of benzene rings is 2. The number of nitrogens with two attached hydrogens (primary N) is 1. The molecule has 0 aromatic heterocycles. The Bertz CT molecular complexity index is 586. The molecule has 4 heteroatoms. The summed E-state index contributed by atoms with van der Waals surface area (Å²) in [5.74, 6) is 0.872. The van der Waals surface area contributed by atoms with Crippen molar-refractivity contribution in [3.8, 4) is 5.75 Å². The molecule has 2 nitrogen and oxygen atoms in total. The smallest absolute Gasteiger partial charge is 0.137 e. The van der Waals surface area contributed by atoms with Crippen LogP contribution in [-0.4, -0.2) is 6.04 Å². The van der Waals surface area contributed by atoms with Crippen molar-refractivity contribution >= 4 is 27.5 Å². The molecule has 1 atom stereocenters. The second kappa shape index (κ2) is 7.83. The van der Waals surface area contributed by atoms with E-state index in [2.05, 4.69) is 28.9 Å². The van der Waals surface area contributed by atoms with Crippen molar-refractivity contribution in [1.82, 2.24) is 0 Å². The fourth-order valence-corrected chi connectivity index (χ4v) is 2.69. The summed E-state index contributed by atoms with van der Waals surface area (Å²) < 4.78 is 6.95. The largest absolute Gasteiger partial charge is 0.487 e. The Kier molecular flexibility index (Phi) is 6.09. The monoisotopic (exact) mass is 367 g/mol. The van der Waals surface area contributed by atoms with Crippen molar-refractivity contribution in [1.29, 1.82) is 0 Å². The van der Waals surface area contributed by atoms with Gasteiger partial charge < -0.3 is 10.5 Å². The maximum atomic E-state index is 6.06. The van der Waals surface area contributed by atoms with Crippen LogP contribution < -0.4 is 10.5 Å². The maximum Gasteiger partial charge on any atom is 0.137 e. The zero-order valence-electron chi connectivity index (χ0n) is 12.0. The Labute approximate surface area is 139 Å². The van der Waals surface area contributed by atoms with Gasteiger partial charge in [0.2, 0.25) is 0 Å². The molecule has 0 aliphatic carbocycles. The van der Waals surface area contributed by atoms with E-state index in [1.807, 2.05) is 36.4 Å². The van der Waals surface area contributed by atoms with Crippen LogP contribution in [0.4, 0.5) is 0 Å². The molecular formula is C17H19BrClNO. The summed E-state index contributed by atoms with van der Waals surface area (Å²) in [5, 5.41) is 0.731. The molecule has 2 rings (SSSR count). The average Bonchev–Trinajstić information content (AvgIpc) is 2.48. The molecule has 0 aliphatic rings. The number of hydrogen-bond acceptors (Lipinski definition) is 2. The van der Waals surface area contributed by atoms with Crippen LogP contribution in [0.3, 0.4) is 0 Å². The molecule has 0 amide bonds. The molecule has 0 fully saturated rings. The summed E-state index contributed by atoms with van der Waals surface area (Å²) in [4.78, 5) is 0. The van der Waals surface area contributed by atoms with Gasteiger partial charge in [-0.25, -0.2) is 0 Å². The number of rotatable bonds is 6. The highest BCUT2D eigenvalue weighted by atomic mass is 79.9. The summed E-state index contributed by atoms with van der Waals surface area (Å²) in [6, 6.07) is 13.9. The molecule has 0 saturated carbocycles. The van der Waals surface area contributed by atoms with Crippen LogP contribution in [0.2, 0.25) is 5.02 Å². The zero-order chi connectivity index (χ0) is 15.2. The second-order valence-corrected chi connectivity index (χ2v) is 6.31. The number of ether oxygens (including phenoxy) is 1. The van der Waals surface area contributed by atoms with Crippen molar-refractivity contribution in [2.75, 3.05) is 0 Å². The van der Waals surface area contributed by atoms with E-state index in [-0.39, 0.29) is 6.04 Å². The second-order valence-electron chi connectivity index (χ2n) is 5.02. The van der Waals surface area contributed by atoms with Gasteiger partial charge in [-0.3, -0.25) is 0 Å². The highest BCUT2D eigenvalue weighted by Crippen LogP contribution is 2.31. The Morgan fingerprint density at radius 2 is 1.90 bits per heavy atom. The van der Waals surface area contributed by atoms with Crippen LogP contribution in [-0.2, 0) is 13.0 Å². The highest BCUT2D eigenvalue weighted by molar-refractivity contribution is 9.10. The molecule has 2 aromatic carbocycles. The molecule has 21 heavy (non-hydrogen) atoms. The van der Waals surface area contributed by atoms with E-state index in [9.17, 15) is 0 Å². The third-order valence-electron chi connectivity index (χ3n) is 3.35. The Morgan fingerprint density at radius 1 is 1.19 bits per heavy atom. The molecular weight excluding hydrogens is 350 g/mol. The minimum atomic E-state index is 0.150. The molecule has 0 aliphatic heterocycles. The van der Waals surface area contributed by atoms with Crippen molar-refractivity contribution in [3.63, 3.8) is 0 Å². The fourth-order valence-electron chi connectivity index (χ4n) is 2.04. The molecule has 2 aromatic rings. The van der Waals surface area contributed by atoms with Gasteiger partial charge in [0, 0.05) is 11.1 Å². The number of hydrogen-bond donors (Lipinski definition) is 1. The van der Waals surface area contributed by atoms with Crippen molar-refractivity contribution in [3.05, 3.63) is 63.1 Å². The van der Waals surface area contributed by atoms with Gasteiger partial charge in [-0.2, -0.15) is 0 Å². The highest BCUT2D eigenvalue weighted by Gasteiger charge is 2.11. The average molecular weight is 369 g/mol. The van der Waals surface area contributed by atoms with Gasteiger partial charge in [0.25, 0.3) is 0 Å². The lowest BCUT2D eigenvalue weighted by molar-refractivity contribution is 0.300. The van der Waals surface area contributed by atoms with Crippen molar-refractivity contribution in [2.45, 2.75) is 32.4 Å². The normalized spacial score (nSPS) is 12.2. The Balaban J connectivity index is 2.12. The van der Waals surface area contributed by atoms with Crippen molar-refractivity contribution in [2.24, 2.45) is 5.73 Å². The summed E-state index contributed by atoms with van der Waals surface area (Å²) >= 11 is 9.45. The van der Waals surface area contributed by atoms with Crippen LogP contribution in [0.25, 0.3) is 0 Å². The Hall–Kier alpha value is -1.03. The first-order chi connectivity index (χ1) is 10.1. The third kappa shape index (κ3) is 4.73. The van der Waals surface area contributed by atoms with Crippen LogP contribution in [0.15, 0.2) is 46.9 Å². The predicted molar refractivity (Wildman–Crippen MR) is 91.9 cm³/mol. The van der Waals surface area contributed by atoms with Crippen LogP contribution in [0.5, 0.6) is 5.75 Å². The van der Waals surface area contributed by atoms with Gasteiger partial charge in [-0.1, -0.05) is 42.8 Å². The first-order valence-corrected chi connectivity index (χ1v) is 8.17. The molecule has 0 saturated heterocycles. The van der Waals surface area contributed by atoms with E-state index >= 15 is 0 Å². The summed E-state index contributed by atoms with van der Waals surface area (Å²) in [6.07, 6.45) is 1.76. The van der Waals surface area contributed by atoms with E-state index in [1.165, 1.54) is 0 Å². The lowest BCUT2D eigenvalue weighted by Gasteiger charge is -2.16. The third-order valence-corrected chi connectivity index (χ3v) is 4.23. The van der Waals surface area contributed by atoms with Gasteiger partial charge in [-0.15, -0.1) is 0 Å². The van der Waals surface area contributed by atoms with E-state index in [4.69, 9.17) is 22.1 Å². The van der Waals surface area contributed by atoms with Gasteiger partial charge in [0.1, 0.15) is 12.4 Å². The SMILES string of the molecule is CCC(N)Cc1cccc(Br)c1OCc1ccc(Cl)cc1. The van der Waals surface area contributed by atoms with Gasteiger partial charge in [0.15, 0.2) is 0 Å². The van der Waals surface area contributed by atoms with Crippen LogP contribution in [0, 0.1) is 0 Å². The minimum Gasteiger partial charge on any atom is -0.487 e. The number of para-hydroxylation sites is 1. The molecule has 112 valence electrons. The number of halogens is 2. The molecule has 1 unspecified atom stereocenters. The standard InChI is InChI=1S/C17H19BrClNO/c1-2-15(20)10-13-4-3-5-16(18)17(13)21-11-12-6-8-14(19)9-7-12/h3-9,15H,2,10-11,20H2,1H3. The van der Waals surface area contributed by atoms with E-state index < -0.39 is 0 Å². The molecule has 0 bridgehead atoms. The summed E-state index contributed by atoms with van der Waals surface area (Å²) in [6.45, 7) is 2.60. The zero-order valence-corrected chi connectivity index (χ0v) is 14.3. The van der Waals surface area contributed by atoms with E-state index in [1.54, 1.807) is 0 Å². The fraction of sp³-hybridized carbons (Fsp3) is 0.294. The predicted octanol–water partition coefficient (Wildman–Crippen LogP) is 4.96. The molecule has 2 N–H and O–H groups in total. The maximum absolute atomic E-state index is 6.06. The van der Waals surface area contributed by atoms with E-state index in [0.717, 1.165) is 39.2 Å². The first kappa shape index (κ1) is 16.3. The van der Waals surface area contributed by atoms with E-state index in [0.29, 0.717) is 6.61 Å². The summed E-state index contributed by atoms with van der Waals surface area (Å²) in [5.41, 5.74) is 8.28. The molecule has 0 radical (unpaired) electrons. The molecule has 0 spiro atoms. The topological polar surface area (TPSA) is 35.2 Å². The van der Waals surface area contributed by atoms with Crippen LogP contribution >= 0.6 is 27.5 Å². The van der Waals surface area contributed by atoms with Crippen LogP contribution in [0.1, 0.15) is 24.5 Å². The van der Waals surface area contributed by atoms with Crippen molar-refractivity contribution < 1.29 is 4.74 Å².